The van der Waals surface area contributed by atoms with Gasteiger partial charge < -0.3 is 9.80 Å². The number of piperidine rings is 1. The summed E-state index contributed by atoms with van der Waals surface area (Å²) in [5, 5.41) is 0. The van der Waals surface area contributed by atoms with Crippen LogP contribution in [0.2, 0.25) is 0 Å². The summed E-state index contributed by atoms with van der Waals surface area (Å²) in [5.41, 5.74) is 1.41. The molecule has 2 saturated heterocycles. The topological polar surface area (TPSA) is 22.6 Å². The fourth-order valence-corrected chi connectivity index (χ4v) is 3.74. The summed E-state index contributed by atoms with van der Waals surface area (Å²) in [4.78, 5) is 12.2. The Bertz CT molecular complexity index is 449. The van der Waals surface area contributed by atoms with Crippen molar-refractivity contribution in [2.45, 2.75) is 38.6 Å². The molecule has 22 heavy (non-hydrogen) atoms. The fourth-order valence-electron chi connectivity index (χ4n) is 3.74. The second kappa shape index (κ2) is 7.42. The Kier molecular flexibility index (Phi) is 5.32. The molecule has 0 aromatic carbocycles. The van der Waals surface area contributed by atoms with Crippen LogP contribution < -0.4 is 4.90 Å². The standard InChI is InChI=1S/C18H30N4/c1-3-9-21-10-5-4-6-17(21)16-7-8-18(19-15-16)22-13-11-20(2)12-14-22/h7-8,15,17H,3-6,9-14H2,1-2H3/t17-/m1/s1. The number of aromatic nitrogens is 1. The lowest BCUT2D eigenvalue weighted by Gasteiger charge is -2.36. The molecule has 0 spiro atoms. The third kappa shape index (κ3) is 3.61. The lowest BCUT2D eigenvalue weighted by molar-refractivity contribution is 0.149. The molecule has 0 aliphatic carbocycles. The van der Waals surface area contributed by atoms with E-state index in [9.17, 15) is 0 Å². The molecule has 0 saturated carbocycles. The van der Waals surface area contributed by atoms with Gasteiger partial charge in [-0.2, -0.15) is 0 Å². The first-order valence-corrected chi connectivity index (χ1v) is 8.91. The summed E-state index contributed by atoms with van der Waals surface area (Å²) < 4.78 is 0. The van der Waals surface area contributed by atoms with Crippen LogP contribution in [-0.4, -0.2) is 61.1 Å². The second-order valence-electron chi connectivity index (χ2n) is 6.79. The Labute approximate surface area is 135 Å². The minimum absolute atomic E-state index is 0.586. The first kappa shape index (κ1) is 15.8. The molecule has 1 atom stereocenters. The van der Waals surface area contributed by atoms with Gasteiger partial charge in [-0.1, -0.05) is 19.4 Å². The number of pyridine rings is 1. The Hall–Kier alpha value is -1.13. The van der Waals surface area contributed by atoms with E-state index in [0.717, 1.165) is 32.0 Å². The summed E-state index contributed by atoms with van der Waals surface area (Å²) in [6.45, 7) is 9.19. The highest BCUT2D eigenvalue weighted by Gasteiger charge is 2.23. The number of piperazine rings is 1. The van der Waals surface area contributed by atoms with Gasteiger partial charge in [-0.3, -0.25) is 4.90 Å². The maximum Gasteiger partial charge on any atom is 0.128 e. The summed E-state index contributed by atoms with van der Waals surface area (Å²) in [5.74, 6) is 1.15. The van der Waals surface area contributed by atoms with Crippen molar-refractivity contribution in [3.05, 3.63) is 23.9 Å². The van der Waals surface area contributed by atoms with Gasteiger partial charge in [0, 0.05) is 38.4 Å². The van der Waals surface area contributed by atoms with E-state index in [1.54, 1.807) is 0 Å². The van der Waals surface area contributed by atoms with E-state index < -0.39 is 0 Å². The monoisotopic (exact) mass is 302 g/mol. The van der Waals surface area contributed by atoms with Crippen molar-refractivity contribution in [2.75, 3.05) is 51.2 Å². The van der Waals surface area contributed by atoms with Crippen LogP contribution in [0.4, 0.5) is 5.82 Å². The maximum atomic E-state index is 4.78. The maximum absolute atomic E-state index is 4.78. The van der Waals surface area contributed by atoms with Gasteiger partial charge in [-0.05, 0) is 51.0 Å². The van der Waals surface area contributed by atoms with Crippen molar-refractivity contribution >= 4 is 5.82 Å². The van der Waals surface area contributed by atoms with Crippen LogP contribution in [0.5, 0.6) is 0 Å². The van der Waals surface area contributed by atoms with Gasteiger partial charge in [0.2, 0.25) is 0 Å². The first-order chi connectivity index (χ1) is 10.8. The van der Waals surface area contributed by atoms with E-state index >= 15 is 0 Å². The van der Waals surface area contributed by atoms with Crippen molar-refractivity contribution in [3.63, 3.8) is 0 Å². The number of anilines is 1. The largest absolute Gasteiger partial charge is 0.354 e. The van der Waals surface area contributed by atoms with Crippen LogP contribution in [0.15, 0.2) is 18.3 Å². The van der Waals surface area contributed by atoms with Crippen molar-refractivity contribution < 1.29 is 0 Å². The van der Waals surface area contributed by atoms with E-state index in [0.29, 0.717) is 6.04 Å². The minimum atomic E-state index is 0.586. The predicted octanol–water partition coefficient (Wildman–Crippen LogP) is 2.77. The Morgan fingerprint density at radius 3 is 2.59 bits per heavy atom. The third-order valence-electron chi connectivity index (χ3n) is 5.11. The van der Waals surface area contributed by atoms with Crippen LogP contribution in [0.25, 0.3) is 0 Å². The summed E-state index contributed by atoms with van der Waals surface area (Å²) in [7, 11) is 2.19. The van der Waals surface area contributed by atoms with Crippen molar-refractivity contribution in [1.29, 1.82) is 0 Å². The molecule has 0 unspecified atom stereocenters. The molecule has 2 aliphatic heterocycles. The first-order valence-electron chi connectivity index (χ1n) is 8.91. The average molecular weight is 302 g/mol. The van der Waals surface area contributed by atoms with Gasteiger partial charge >= 0.3 is 0 Å². The zero-order valence-corrected chi connectivity index (χ0v) is 14.2. The van der Waals surface area contributed by atoms with Gasteiger partial charge in [0.15, 0.2) is 0 Å². The van der Waals surface area contributed by atoms with Gasteiger partial charge in [-0.15, -0.1) is 0 Å². The second-order valence-corrected chi connectivity index (χ2v) is 6.79. The number of nitrogens with zero attached hydrogens (tertiary/aromatic N) is 4. The molecular formula is C18H30N4. The molecule has 4 nitrogen and oxygen atoms in total. The number of rotatable bonds is 4. The number of hydrogen-bond donors (Lipinski definition) is 0. The van der Waals surface area contributed by atoms with E-state index in [1.165, 1.54) is 44.3 Å². The molecule has 122 valence electrons. The van der Waals surface area contributed by atoms with Crippen molar-refractivity contribution in [2.24, 2.45) is 0 Å². The van der Waals surface area contributed by atoms with E-state index in [4.69, 9.17) is 4.98 Å². The molecule has 0 N–H and O–H groups in total. The zero-order chi connectivity index (χ0) is 15.4. The fraction of sp³-hybridized carbons (Fsp3) is 0.722. The molecule has 0 amide bonds. The summed E-state index contributed by atoms with van der Waals surface area (Å²) in [6, 6.07) is 5.14. The molecular weight excluding hydrogens is 272 g/mol. The summed E-state index contributed by atoms with van der Waals surface area (Å²) >= 11 is 0. The molecule has 2 aliphatic rings. The van der Waals surface area contributed by atoms with Crippen LogP contribution in [0, 0.1) is 0 Å². The molecule has 1 aromatic heterocycles. The number of likely N-dealkylation sites (tertiary alicyclic amines) is 1. The van der Waals surface area contributed by atoms with E-state index in [2.05, 4.69) is 47.0 Å². The van der Waals surface area contributed by atoms with E-state index in [-0.39, 0.29) is 0 Å². The smallest absolute Gasteiger partial charge is 0.128 e. The van der Waals surface area contributed by atoms with E-state index in [1.807, 2.05) is 0 Å². The van der Waals surface area contributed by atoms with Crippen LogP contribution in [0.1, 0.15) is 44.2 Å². The molecule has 0 radical (unpaired) electrons. The van der Waals surface area contributed by atoms with Gasteiger partial charge in [-0.25, -0.2) is 4.98 Å². The Morgan fingerprint density at radius 1 is 1.09 bits per heavy atom. The number of likely N-dealkylation sites (N-methyl/N-ethyl adjacent to an activating group) is 1. The van der Waals surface area contributed by atoms with Crippen LogP contribution >= 0.6 is 0 Å². The van der Waals surface area contributed by atoms with Crippen LogP contribution in [0.3, 0.4) is 0 Å². The quantitative estimate of drug-likeness (QED) is 0.853. The van der Waals surface area contributed by atoms with Crippen molar-refractivity contribution in [3.8, 4) is 0 Å². The SMILES string of the molecule is CCCN1CCCC[C@@H]1c1ccc(N2CCN(C)CC2)nc1. The Morgan fingerprint density at radius 2 is 1.91 bits per heavy atom. The van der Waals surface area contributed by atoms with Gasteiger partial charge in [0.1, 0.15) is 5.82 Å². The molecule has 3 heterocycles. The zero-order valence-electron chi connectivity index (χ0n) is 14.2. The number of hydrogen-bond acceptors (Lipinski definition) is 4. The highest BCUT2D eigenvalue weighted by atomic mass is 15.3. The third-order valence-corrected chi connectivity index (χ3v) is 5.11. The highest BCUT2D eigenvalue weighted by Crippen LogP contribution is 2.31. The average Bonchev–Trinajstić information content (AvgIpc) is 2.57. The minimum Gasteiger partial charge on any atom is -0.354 e. The van der Waals surface area contributed by atoms with Crippen molar-refractivity contribution in [1.82, 2.24) is 14.8 Å². The Balaban J connectivity index is 1.67. The lowest BCUT2D eigenvalue weighted by atomic mass is 9.96. The predicted molar refractivity (Wildman–Crippen MR) is 92.4 cm³/mol. The molecule has 1 aromatic rings. The molecule has 0 bridgehead atoms. The van der Waals surface area contributed by atoms with Gasteiger partial charge in [0.05, 0.1) is 0 Å². The molecule has 4 heteroatoms. The highest BCUT2D eigenvalue weighted by molar-refractivity contribution is 5.40. The van der Waals surface area contributed by atoms with Gasteiger partial charge in [0.25, 0.3) is 0 Å². The summed E-state index contributed by atoms with van der Waals surface area (Å²) in [6.07, 6.45) is 7.36. The van der Waals surface area contributed by atoms with Crippen LogP contribution in [-0.2, 0) is 0 Å². The normalized spacial score (nSPS) is 24.6. The lowest BCUT2D eigenvalue weighted by Crippen LogP contribution is -2.44. The molecule has 2 fully saturated rings. The molecule has 3 rings (SSSR count).